The van der Waals surface area contributed by atoms with E-state index in [1.165, 1.54) is 12.4 Å². The summed E-state index contributed by atoms with van der Waals surface area (Å²) in [7, 11) is 0. The molecule has 0 fully saturated rings. The molecule has 2 rings (SSSR count). The molecule has 0 atom stereocenters. The fourth-order valence-corrected chi connectivity index (χ4v) is 1.63. The smallest absolute Gasteiger partial charge is 0.274 e. The lowest BCUT2D eigenvalue weighted by molar-refractivity contribution is 0.102. The summed E-state index contributed by atoms with van der Waals surface area (Å²) in [6, 6.07) is 4.50. The van der Waals surface area contributed by atoms with Crippen LogP contribution in [-0.2, 0) is 0 Å². The van der Waals surface area contributed by atoms with Gasteiger partial charge in [-0.15, -0.1) is 0 Å². The Morgan fingerprint density at radius 1 is 1.19 bits per heavy atom. The van der Waals surface area contributed by atoms with Crippen molar-refractivity contribution in [3.05, 3.63) is 47.9 Å². The molecule has 110 valence electrons. The number of aromatic nitrogens is 2. The van der Waals surface area contributed by atoms with Crippen LogP contribution < -0.4 is 10.6 Å². The number of hydrogen-bond acceptors (Lipinski definition) is 4. The zero-order chi connectivity index (χ0) is 15.4. The Morgan fingerprint density at radius 3 is 2.62 bits per heavy atom. The van der Waals surface area contributed by atoms with Gasteiger partial charge in [-0.2, -0.15) is 0 Å². The van der Waals surface area contributed by atoms with Gasteiger partial charge in [-0.1, -0.05) is 0 Å². The summed E-state index contributed by atoms with van der Waals surface area (Å²) in [6.07, 6.45) is 1.24. The summed E-state index contributed by atoms with van der Waals surface area (Å²) < 4.78 is 26.3. The summed E-state index contributed by atoms with van der Waals surface area (Å²) in [5.41, 5.74) is -0.0322. The van der Waals surface area contributed by atoms with Crippen LogP contribution in [0.1, 0.15) is 24.3 Å². The molecule has 21 heavy (non-hydrogen) atoms. The minimum atomic E-state index is -0.849. The minimum absolute atomic E-state index is 0.0804. The predicted molar refractivity (Wildman–Crippen MR) is 75.1 cm³/mol. The second-order valence-electron chi connectivity index (χ2n) is 4.67. The number of anilines is 2. The molecule has 1 heterocycles. The number of halogens is 2. The van der Waals surface area contributed by atoms with Crippen LogP contribution in [0.25, 0.3) is 0 Å². The largest absolute Gasteiger partial charge is 0.368 e. The number of carbonyl (C=O) groups is 1. The third-order valence-electron chi connectivity index (χ3n) is 2.52. The SMILES string of the molecule is CC(C)Nc1cc(C(=O)Nc2ccc(F)cc2F)ncn1. The van der Waals surface area contributed by atoms with E-state index < -0.39 is 17.5 Å². The van der Waals surface area contributed by atoms with E-state index in [1.54, 1.807) is 0 Å². The highest BCUT2D eigenvalue weighted by Gasteiger charge is 2.12. The molecule has 0 aliphatic carbocycles. The average molecular weight is 292 g/mol. The number of nitrogens with zero attached hydrogens (tertiary/aromatic N) is 2. The van der Waals surface area contributed by atoms with E-state index >= 15 is 0 Å². The number of benzene rings is 1. The van der Waals surface area contributed by atoms with Crippen molar-refractivity contribution in [2.24, 2.45) is 0 Å². The minimum Gasteiger partial charge on any atom is -0.368 e. The summed E-state index contributed by atoms with van der Waals surface area (Å²) >= 11 is 0. The predicted octanol–water partition coefficient (Wildman–Crippen LogP) is 2.83. The topological polar surface area (TPSA) is 66.9 Å². The normalized spacial score (nSPS) is 10.5. The zero-order valence-electron chi connectivity index (χ0n) is 11.5. The Morgan fingerprint density at radius 2 is 1.95 bits per heavy atom. The van der Waals surface area contributed by atoms with E-state index in [-0.39, 0.29) is 17.4 Å². The molecule has 0 bridgehead atoms. The van der Waals surface area contributed by atoms with Gasteiger partial charge in [0.15, 0.2) is 0 Å². The molecule has 5 nitrogen and oxygen atoms in total. The molecule has 2 N–H and O–H groups in total. The quantitative estimate of drug-likeness (QED) is 0.909. The molecule has 0 aliphatic heterocycles. The molecule has 1 amide bonds. The van der Waals surface area contributed by atoms with Gasteiger partial charge in [0, 0.05) is 18.2 Å². The van der Waals surface area contributed by atoms with Crippen molar-refractivity contribution in [2.45, 2.75) is 19.9 Å². The first-order chi connectivity index (χ1) is 9.95. The van der Waals surface area contributed by atoms with E-state index in [2.05, 4.69) is 20.6 Å². The van der Waals surface area contributed by atoms with Gasteiger partial charge < -0.3 is 10.6 Å². The maximum atomic E-state index is 13.5. The lowest BCUT2D eigenvalue weighted by Gasteiger charge is -2.10. The van der Waals surface area contributed by atoms with Crippen LogP contribution in [0.5, 0.6) is 0 Å². The van der Waals surface area contributed by atoms with Crippen molar-refractivity contribution in [2.75, 3.05) is 10.6 Å². The van der Waals surface area contributed by atoms with Crippen molar-refractivity contribution in [3.63, 3.8) is 0 Å². The van der Waals surface area contributed by atoms with Gasteiger partial charge in [-0.3, -0.25) is 4.79 Å². The first kappa shape index (κ1) is 14.8. The van der Waals surface area contributed by atoms with E-state index in [0.717, 1.165) is 12.1 Å². The van der Waals surface area contributed by atoms with Crippen LogP contribution in [0, 0.1) is 11.6 Å². The van der Waals surface area contributed by atoms with Crippen molar-refractivity contribution < 1.29 is 13.6 Å². The molecule has 7 heteroatoms. The van der Waals surface area contributed by atoms with Gasteiger partial charge in [-0.25, -0.2) is 18.7 Å². The first-order valence-corrected chi connectivity index (χ1v) is 6.30. The van der Waals surface area contributed by atoms with Crippen molar-refractivity contribution in [1.82, 2.24) is 9.97 Å². The summed E-state index contributed by atoms with van der Waals surface area (Å²) in [6.45, 7) is 3.85. The number of rotatable bonds is 4. The van der Waals surface area contributed by atoms with Gasteiger partial charge >= 0.3 is 0 Å². The average Bonchev–Trinajstić information content (AvgIpc) is 2.41. The molecule has 2 aromatic rings. The van der Waals surface area contributed by atoms with Crippen LogP contribution in [-0.4, -0.2) is 21.9 Å². The van der Waals surface area contributed by atoms with E-state index in [0.29, 0.717) is 11.9 Å². The molecule has 0 saturated heterocycles. The maximum Gasteiger partial charge on any atom is 0.274 e. The third kappa shape index (κ3) is 3.95. The van der Waals surface area contributed by atoms with Crippen LogP contribution >= 0.6 is 0 Å². The molecular formula is C14H14F2N4O. The highest BCUT2D eigenvalue weighted by atomic mass is 19.1. The Labute approximate surface area is 120 Å². The number of hydrogen-bond donors (Lipinski definition) is 2. The Kier molecular flexibility index (Phi) is 4.42. The van der Waals surface area contributed by atoms with E-state index in [1.807, 2.05) is 13.8 Å². The van der Waals surface area contributed by atoms with Gasteiger partial charge in [0.1, 0.15) is 29.5 Å². The molecule has 0 spiro atoms. The highest BCUT2D eigenvalue weighted by molar-refractivity contribution is 6.03. The maximum absolute atomic E-state index is 13.5. The van der Waals surface area contributed by atoms with Crippen LogP contribution in [0.4, 0.5) is 20.3 Å². The van der Waals surface area contributed by atoms with Crippen LogP contribution in [0.2, 0.25) is 0 Å². The van der Waals surface area contributed by atoms with Crippen LogP contribution in [0.15, 0.2) is 30.6 Å². The number of nitrogens with one attached hydrogen (secondary N) is 2. The van der Waals surface area contributed by atoms with E-state index in [4.69, 9.17) is 0 Å². The van der Waals surface area contributed by atoms with Gasteiger partial charge in [0.25, 0.3) is 5.91 Å². The molecule has 0 unspecified atom stereocenters. The van der Waals surface area contributed by atoms with Crippen LogP contribution in [0.3, 0.4) is 0 Å². The molecular weight excluding hydrogens is 278 g/mol. The first-order valence-electron chi connectivity index (χ1n) is 6.30. The lowest BCUT2D eigenvalue weighted by atomic mass is 10.2. The summed E-state index contributed by atoms with van der Waals surface area (Å²) in [5, 5.41) is 5.36. The Bertz CT molecular complexity index is 661. The van der Waals surface area contributed by atoms with Crippen molar-refractivity contribution >= 4 is 17.4 Å². The highest BCUT2D eigenvalue weighted by Crippen LogP contribution is 2.16. The fraction of sp³-hybridized carbons (Fsp3) is 0.214. The molecule has 0 radical (unpaired) electrons. The summed E-state index contributed by atoms with van der Waals surface area (Å²) in [5.74, 6) is -1.67. The number of carbonyl (C=O) groups excluding carboxylic acids is 1. The summed E-state index contributed by atoms with van der Waals surface area (Å²) in [4.78, 5) is 19.8. The molecule has 1 aromatic carbocycles. The monoisotopic (exact) mass is 292 g/mol. The molecule has 0 saturated carbocycles. The second kappa shape index (κ2) is 6.25. The van der Waals surface area contributed by atoms with Crippen molar-refractivity contribution in [3.8, 4) is 0 Å². The van der Waals surface area contributed by atoms with Gasteiger partial charge in [0.2, 0.25) is 0 Å². The lowest BCUT2D eigenvalue weighted by Crippen LogP contribution is -2.17. The Balaban J connectivity index is 2.16. The number of amides is 1. The fourth-order valence-electron chi connectivity index (χ4n) is 1.63. The second-order valence-corrected chi connectivity index (χ2v) is 4.67. The van der Waals surface area contributed by atoms with Gasteiger partial charge in [0.05, 0.1) is 5.69 Å². The van der Waals surface area contributed by atoms with Gasteiger partial charge in [-0.05, 0) is 26.0 Å². The Hall–Kier alpha value is -2.57. The standard InChI is InChI=1S/C14H14F2N4O/c1-8(2)19-13-6-12(17-7-18-13)14(21)20-11-4-3-9(15)5-10(11)16/h3-8H,1-2H3,(H,20,21)(H,17,18,19). The molecule has 0 aliphatic rings. The third-order valence-corrected chi connectivity index (χ3v) is 2.52. The van der Waals surface area contributed by atoms with E-state index in [9.17, 15) is 13.6 Å². The molecule has 1 aromatic heterocycles. The zero-order valence-corrected chi connectivity index (χ0v) is 11.5. The van der Waals surface area contributed by atoms with Crippen molar-refractivity contribution in [1.29, 1.82) is 0 Å².